The molecule has 0 amide bonds. The third-order valence-corrected chi connectivity index (χ3v) is 5.33. The first-order chi connectivity index (χ1) is 8.77. The Kier molecular flexibility index (Phi) is 3.73. The topological polar surface area (TPSA) is 21.3 Å². The average Bonchev–Trinajstić information content (AvgIpc) is 2.99. The summed E-state index contributed by atoms with van der Waals surface area (Å²) in [4.78, 5) is 1.52. The summed E-state index contributed by atoms with van der Waals surface area (Å²) in [7, 11) is 0. The van der Waals surface area contributed by atoms with Gasteiger partial charge in [-0.15, -0.1) is 11.3 Å². The predicted octanol–water partition coefficient (Wildman–Crippen LogP) is 3.61. The van der Waals surface area contributed by atoms with Gasteiger partial charge in [-0.1, -0.05) is 25.8 Å². The Labute approximate surface area is 114 Å². The van der Waals surface area contributed by atoms with E-state index < -0.39 is 0 Å². The van der Waals surface area contributed by atoms with E-state index in [9.17, 15) is 0 Å². The van der Waals surface area contributed by atoms with Gasteiger partial charge in [0.25, 0.3) is 0 Å². The van der Waals surface area contributed by atoms with E-state index >= 15 is 0 Å². The monoisotopic (exact) mass is 265 g/mol. The first-order valence-electron chi connectivity index (χ1n) is 7.11. The molecule has 1 saturated heterocycles. The maximum Gasteiger partial charge on any atom is 0.0554 e. The fraction of sp³-hybridized carbons (Fsp3) is 0.733. The molecule has 1 atom stereocenters. The van der Waals surface area contributed by atoms with Crippen LogP contribution in [0.4, 0.5) is 0 Å². The highest BCUT2D eigenvalue weighted by Crippen LogP contribution is 2.38. The Morgan fingerprint density at radius 2 is 2.22 bits per heavy atom. The lowest BCUT2D eigenvalue weighted by Gasteiger charge is -2.40. The van der Waals surface area contributed by atoms with Crippen molar-refractivity contribution in [3.05, 3.63) is 22.4 Å². The lowest BCUT2D eigenvalue weighted by molar-refractivity contribution is -0.101. The Morgan fingerprint density at radius 1 is 1.44 bits per heavy atom. The molecule has 1 saturated carbocycles. The lowest BCUT2D eigenvalue weighted by Crippen LogP contribution is -2.48. The number of hydrogen-bond acceptors (Lipinski definition) is 3. The number of thiophene rings is 1. The van der Waals surface area contributed by atoms with Gasteiger partial charge >= 0.3 is 0 Å². The molecule has 3 rings (SSSR count). The summed E-state index contributed by atoms with van der Waals surface area (Å²) in [5, 5.41) is 6.04. The van der Waals surface area contributed by atoms with Crippen LogP contribution >= 0.6 is 11.3 Å². The van der Waals surface area contributed by atoms with Crippen molar-refractivity contribution >= 4 is 11.3 Å². The summed E-state index contributed by atoms with van der Waals surface area (Å²) in [6, 6.07) is 5.04. The van der Waals surface area contributed by atoms with Gasteiger partial charge in [0.15, 0.2) is 0 Å². The molecule has 1 aromatic heterocycles. The zero-order chi connectivity index (χ0) is 12.4. The zero-order valence-corrected chi connectivity index (χ0v) is 12.0. The normalized spacial score (nSPS) is 24.9. The summed E-state index contributed by atoms with van der Waals surface area (Å²) in [6.45, 7) is 5.25. The fourth-order valence-electron chi connectivity index (χ4n) is 3.17. The third kappa shape index (κ3) is 2.63. The molecule has 2 aliphatic rings. The molecule has 1 aromatic rings. The van der Waals surface area contributed by atoms with Crippen LogP contribution in [0.3, 0.4) is 0 Å². The van der Waals surface area contributed by atoms with Crippen molar-refractivity contribution in [3.63, 3.8) is 0 Å². The summed E-state index contributed by atoms with van der Waals surface area (Å²) < 4.78 is 5.35. The van der Waals surface area contributed by atoms with Gasteiger partial charge in [0.2, 0.25) is 0 Å². The number of hydrogen-bond donors (Lipinski definition) is 1. The molecule has 18 heavy (non-hydrogen) atoms. The Balaban J connectivity index is 1.65. The molecule has 2 fully saturated rings. The van der Waals surface area contributed by atoms with Crippen molar-refractivity contribution in [3.8, 4) is 0 Å². The summed E-state index contributed by atoms with van der Waals surface area (Å²) in [5.41, 5.74) is 0.369. The largest absolute Gasteiger partial charge is 0.380 e. The SMILES string of the molecule is CC1(CNC(c2cccs2)C2CCCC2)COC1. The van der Waals surface area contributed by atoms with Crippen LogP contribution in [0.5, 0.6) is 0 Å². The second-order valence-corrected chi connectivity index (χ2v) is 7.20. The van der Waals surface area contributed by atoms with E-state index in [1.165, 1.54) is 30.6 Å². The van der Waals surface area contributed by atoms with E-state index in [-0.39, 0.29) is 0 Å². The highest BCUT2D eigenvalue weighted by atomic mass is 32.1. The van der Waals surface area contributed by atoms with Gasteiger partial charge in [0.05, 0.1) is 13.2 Å². The van der Waals surface area contributed by atoms with Crippen LogP contribution in [0.15, 0.2) is 17.5 Å². The predicted molar refractivity (Wildman–Crippen MR) is 75.9 cm³/mol. The van der Waals surface area contributed by atoms with Crippen molar-refractivity contribution in [2.24, 2.45) is 11.3 Å². The van der Waals surface area contributed by atoms with E-state index in [0.717, 1.165) is 25.7 Å². The Morgan fingerprint density at radius 3 is 2.78 bits per heavy atom. The molecule has 2 nitrogen and oxygen atoms in total. The van der Waals surface area contributed by atoms with Crippen molar-refractivity contribution in [1.82, 2.24) is 5.32 Å². The maximum atomic E-state index is 5.35. The van der Waals surface area contributed by atoms with Crippen LogP contribution in [-0.4, -0.2) is 19.8 Å². The highest BCUT2D eigenvalue weighted by Gasteiger charge is 2.35. The first kappa shape index (κ1) is 12.6. The minimum absolute atomic E-state index is 0.369. The minimum atomic E-state index is 0.369. The van der Waals surface area contributed by atoms with Crippen molar-refractivity contribution in [1.29, 1.82) is 0 Å². The van der Waals surface area contributed by atoms with Crippen molar-refractivity contribution in [2.45, 2.75) is 38.6 Å². The minimum Gasteiger partial charge on any atom is -0.380 e. The van der Waals surface area contributed by atoms with E-state index in [1.807, 2.05) is 11.3 Å². The van der Waals surface area contributed by atoms with Gasteiger partial charge in [-0.2, -0.15) is 0 Å². The van der Waals surface area contributed by atoms with Gasteiger partial charge in [-0.25, -0.2) is 0 Å². The number of ether oxygens (including phenoxy) is 1. The molecule has 0 bridgehead atoms. The van der Waals surface area contributed by atoms with Gasteiger partial charge < -0.3 is 10.1 Å². The van der Waals surface area contributed by atoms with Crippen LogP contribution in [0.25, 0.3) is 0 Å². The van der Waals surface area contributed by atoms with E-state index in [1.54, 1.807) is 0 Å². The molecule has 0 radical (unpaired) electrons. The molecule has 1 N–H and O–H groups in total. The van der Waals surface area contributed by atoms with Crippen molar-refractivity contribution < 1.29 is 4.74 Å². The van der Waals surface area contributed by atoms with Gasteiger partial charge in [-0.05, 0) is 30.2 Å². The Bertz CT molecular complexity index is 366. The van der Waals surface area contributed by atoms with Crippen LogP contribution in [0.1, 0.15) is 43.5 Å². The van der Waals surface area contributed by atoms with Crippen LogP contribution in [0.2, 0.25) is 0 Å². The lowest BCUT2D eigenvalue weighted by atomic mass is 9.87. The third-order valence-electron chi connectivity index (χ3n) is 4.37. The zero-order valence-electron chi connectivity index (χ0n) is 11.2. The highest BCUT2D eigenvalue weighted by molar-refractivity contribution is 7.10. The number of rotatable bonds is 5. The molecule has 1 aliphatic heterocycles. The summed E-state index contributed by atoms with van der Waals surface area (Å²) in [6.07, 6.45) is 5.61. The Hall–Kier alpha value is -0.380. The standard InChI is InChI=1S/C15H23NOS/c1-15(10-17-11-15)9-16-14(12-5-2-3-6-12)13-7-4-8-18-13/h4,7-8,12,14,16H,2-3,5-6,9-11H2,1H3. The van der Waals surface area contributed by atoms with Crippen LogP contribution < -0.4 is 5.32 Å². The van der Waals surface area contributed by atoms with Crippen LogP contribution in [-0.2, 0) is 4.74 Å². The summed E-state index contributed by atoms with van der Waals surface area (Å²) in [5.74, 6) is 0.841. The number of nitrogens with one attached hydrogen (secondary N) is 1. The molecule has 100 valence electrons. The van der Waals surface area contributed by atoms with Gasteiger partial charge in [0.1, 0.15) is 0 Å². The van der Waals surface area contributed by atoms with E-state index in [4.69, 9.17) is 4.74 Å². The summed E-state index contributed by atoms with van der Waals surface area (Å²) >= 11 is 1.90. The molecule has 3 heteroatoms. The average molecular weight is 265 g/mol. The second kappa shape index (κ2) is 5.32. The maximum absolute atomic E-state index is 5.35. The first-order valence-corrected chi connectivity index (χ1v) is 7.99. The second-order valence-electron chi connectivity index (χ2n) is 6.22. The van der Waals surface area contributed by atoms with Crippen LogP contribution in [0, 0.1) is 11.3 Å². The van der Waals surface area contributed by atoms with E-state index in [0.29, 0.717) is 11.5 Å². The molecule has 2 heterocycles. The quantitative estimate of drug-likeness (QED) is 0.878. The molecule has 1 unspecified atom stereocenters. The fourth-order valence-corrected chi connectivity index (χ4v) is 4.06. The molecule has 1 aliphatic carbocycles. The molecular weight excluding hydrogens is 242 g/mol. The van der Waals surface area contributed by atoms with Gasteiger partial charge in [-0.3, -0.25) is 0 Å². The van der Waals surface area contributed by atoms with E-state index in [2.05, 4.69) is 29.8 Å². The smallest absolute Gasteiger partial charge is 0.0554 e. The molecule has 0 aromatic carbocycles. The molecular formula is C15H23NOS. The van der Waals surface area contributed by atoms with Gasteiger partial charge in [0, 0.05) is 22.9 Å². The molecule has 0 spiro atoms. The van der Waals surface area contributed by atoms with Crippen molar-refractivity contribution in [2.75, 3.05) is 19.8 Å².